The summed E-state index contributed by atoms with van der Waals surface area (Å²) in [4.78, 5) is 17.5. The Morgan fingerprint density at radius 3 is 3.00 bits per heavy atom. The number of fused-ring (bicyclic) bond motifs is 1. The summed E-state index contributed by atoms with van der Waals surface area (Å²) in [7, 11) is 0. The average Bonchev–Trinajstić information content (AvgIpc) is 2.75. The molecule has 0 spiro atoms. The van der Waals surface area contributed by atoms with Crippen molar-refractivity contribution in [2.24, 2.45) is 0 Å². The standard InChI is InChI=1S/C12H11N3O/c16-12-13-5-6-15(12)10-7-9-3-1-2-4-11(9)14-8-10/h1-4,7-8H,5-6H2,(H,13,16). The Labute approximate surface area is 92.9 Å². The first-order valence-corrected chi connectivity index (χ1v) is 5.25. The molecule has 2 amide bonds. The van der Waals surface area contributed by atoms with Gasteiger partial charge in [0.2, 0.25) is 0 Å². The molecular weight excluding hydrogens is 202 g/mol. The fraction of sp³-hybridized carbons (Fsp3) is 0.167. The predicted octanol–water partition coefficient (Wildman–Crippen LogP) is 1.76. The van der Waals surface area contributed by atoms with Gasteiger partial charge in [-0.3, -0.25) is 9.88 Å². The van der Waals surface area contributed by atoms with Crippen molar-refractivity contribution in [3.63, 3.8) is 0 Å². The van der Waals surface area contributed by atoms with Gasteiger partial charge >= 0.3 is 6.03 Å². The van der Waals surface area contributed by atoms with Crippen LogP contribution < -0.4 is 10.2 Å². The highest BCUT2D eigenvalue weighted by Gasteiger charge is 2.21. The molecule has 0 bridgehead atoms. The summed E-state index contributed by atoms with van der Waals surface area (Å²) in [5, 5.41) is 3.83. The fourth-order valence-electron chi connectivity index (χ4n) is 1.92. The number of pyridine rings is 1. The van der Waals surface area contributed by atoms with Crippen LogP contribution in [0.25, 0.3) is 10.9 Å². The molecule has 80 valence electrons. The Morgan fingerprint density at radius 1 is 1.31 bits per heavy atom. The van der Waals surface area contributed by atoms with Gasteiger partial charge in [-0.1, -0.05) is 18.2 Å². The molecule has 0 atom stereocenters. The molecule has 16 heavy (non-hydrogen) atoms. The lowest BCUT2D eigenvalue weighted by Gasteiger charge is -2.13. The Bertz CT molecular complexity index is 553. The third-order valence-electron chi connectivity index (χ3n) is 2.74. The average molecular weight is 213 g/mol. The maximum Gasteiger partial charge on any atom is 0.322 e. The number of anilines is 1. The molecule has 1 aliphatic heterocycles. The summed E-state index contributed by atoms with van der Waals surface area (Å²) < 4.78 is 0. The van der Waals surface area contributed by atoms with Crippen LogP contribution in [0.4, 0.5) is 10.5 Å². The lowest BCUT2D eigenvalue weighted by molar-refractivity contribution is 0.252. The van der Waals surface area contributed by atoms with Crippen molar-refractivity contribution in [1.29, 1.82) is 0 Å². The second kappa shape index (κ2) is 3.48. The van der Waals surface area contributed by atoms with Gasteiger partial charge in [-0.25, -0.2) is 4.79 Å². The number of carbonyl (C=O) groups is 1. The molecule has 4 heteroatoms. The largest absolute Gasteiger partial charge is 0.336 e. The normalized spacial score (nSPS) is 15.5. The molecule has 2 aromatic rings. The van der Waals surface area contributed by atoms with E-state index in [1.54, 1.807) is 11.1 Å². The van der Waals surface area contributed by atoms with Crippen LogP contribution in [0.5, 0.6) is 0 Å². The first-order valence-electron chi connectivity index (χ1n) is 5.25. The first-order chi connectivity index (χ1) is 7.84. The molecule has 0 saturated carbocycles. The van der Waals surface area contributed by atoms with Gasteiger partial charge in [0.1, 0.15) is 0 Å². The van der Waals surface area contributed by atoms with Gasteiger partial charge in [-0.15, -0.1) is 0 Å². The molecule has 2 heterocycles. The zero-order valence-electron chi connectivity index (χ0n) is 8.68. The van der Waals surface area contributed by atoms with Crippen LogP contribution in [0, 0.1) is 0 Å². The van der Waals surface area contributed by atoms with Gasteiger partial charge in [0, 0.05) is 18.5 Å². The molecule has 1 saturated heterocycles. The minimum atomic E-state index is -0.0444. The number of nitrogens with one attached hydrogen (secondary N) is 1. The van der Waals surface area contributed by atoms with Gasteiger partial charge in [-0.2, -0.15) is 0 Å². The quantitative estimate of drug-likeness (QED) is 0.784. The van der Waals surface area contributed by atoms with E-state index in [1.807, 2.05) is 30.3 Å². The molecule has 1 N–H and O–H groups in total. The monoisotopic (exact) mass is 213 g/mol. The lowest BCUT2D eigenvalue weighted by Crippen LogP contribution is -2.27. The van der Waals surface area contributed by atoms with E-state index in [0.29, 0.717) is 13.1 Å². The van der Waals surface area contributed by atoms with Crippen LogP contribution in [-0.2, 0) is 0 Å². The smallest absolute Gasteiger partial charge is 0.322 e. The van der Waals surface area contributed by atoms with Crippen LogP contribution in [0.1, 0.15) is 0 Å². The molecule has 0 unspecified atom stereocenters. The van der Waals surface area contributed by atoms with Crippen molar-refractivity contribution >= 4 is 22.6 Å². The highest BCUT2D eigenvalue weighted by Crippen LogP contribution is 2.20. The second-order valence-electron chi connectivity index (χ2n) is 3.77. The van der Waals surface area contributed by atoms with E-state index in [2.05, 4.69) is 10.3 Å². The summed E-state index contributed by atoms with van der Waals surface area (Å²) in [5.41, 5.74) is 1.81. The number of carbonyl (C=O) groups excluding carboxylic acids is 1. The van der Waals surface area contributed by atoms with Crippen LogP contribution in [0.2, 0.25) is 0 Å². The topological polar surface area (TPSA) is 45.2 Å². The van der Waals surface area contributed by atoms with E-state index < -0.39 is 0 Å². The van der Waals surface area contributed by atoms with Gasteiger partial charge < -0.3 is 5.32 Å². The van der Waals surface area contributed by atoms with E-state index >= 15 is 0 Å². The fourth-order valence-corrected chi connectivity index (χ4v) is 1.92. The van der Waals surface area contributed by atoms with Gasteiger partial charge in [0.15, 0.2) is 0 Å². The van der Waals surface area contributed by atoms with Crippen molar-refractivity contribution in [3.05, 3.63) is 36.5 Å². The van der Waals surface area contributed by atoms with Crippen LogP contribution in [-0.4, -0.2) is 24.1 Å². The van der Waals surface area contributed by atoms with Crippen molar-refractivity contribution in [3.8, 4) is 0 Å². The van der Waals surface area contributed by atoms with E-state index in [4.69, 9.17) is 0 Å². The third-order valence-corrected chi connectivity index (χ3v) is 2.74. The summed E-state index contributed by atoms with van der Waals surface area (Å²) in [5.74, 6) is 0. The summed E-state index contributed by atoms with van der Waals surface area (Å²) in [6.45, 7) is 1.41. The molecule has 1 fully saturated rings. The lowest BCUT2D eigenvalue weighted by atomic mass is 10.2. The molecule has 4 nitrogen and oxygen atoms in total. The zero-order valence-corrected chi connectivity index (χ0v) is 8.68. The van der Waals surface area contributed by atoms with Crippen molar-refractivity contribution < 1.29 is 4.79 Å². The number of amides is 2. The number of para-hydroxylation sites is 1. The number of hydrogen-bond acceptors (Lipinski definition) is 2. The molecule has 1 aromatic heterocycles. The van der Waals surface area contributed by atoms with E-state index in [0.717, 1.165) is 16.6 Å². The highest BCUT2D eigenvalue weighted by atomic mass is 16.2. The SMILES string of the molecule is O=C1NCCN1c1cnc2ccccc2c1. The number of benzene rings is 1. The highest BCUT2D eigenvalue weighted by molar-refractivity contribution is 5.95. The summed E-state index contributed by atoms with van der Waals surface area (Å²) in [6.07, 6.45) is 1.74. The third kappa shape index (κ3) is 1.39. The summed E-state index contributed by atoms with van der Waals surface area (Å²) >= 11 is 0. The number of rotatable bonds is 1. The predicted molar refractivity (Wildman–Crippen MR) is 62.5 cm³/mol. The summed E-state index contributed by atoms with van der Waals surface area (Å²) in [6, 6.07) is 9.84. The second-order valence-corrected chi connectivity index (χ2v) is 3.77. The number of nitrogens with zero attached hydrogens (tertiary/aromatic N) is 2. The first kappa shape index (κ1) is 9.15. The molecule has 0 aliphatic carbocycles. The number of urea groups is 1. The maximum absolute atomic E-state index is 11.5. The van der Waals surface area contributed by atoms with E-state index in [1.165, 1.54) is 0 Å². The zero-order chi connectivity index (χ0) is 11.0. The van der Waals surface area contributed by atoms with E-state index in [9.17, 15) is 4.79 Å². The maximum atomic E-state index is 11.5. The Morgan fingerprint density at radius 2 is 2.19 bits per heavy atom. The van der Waals surface area contributed by atoms with Crippen LogP contribution >= 0.6 is 0 Å². The van der Waals surface area contributed by atoms with Gasteiger partial charge in [0.25, 0.3) is 0 Å². The minimum Gasteiger partial charge on any atom is -0.336 e. The van der Waals surface area contributed by atoms with E-state index in [-0.39, 0.29) is 6.03 Å². The molecule has 1 aliphatic rings. The molecule has 1 aromatic carbocycles. The minimum absolute atomic E-state index is 0.0444. The van der Waals surface area contributed by atoms with Crippen molar-refractivity contribution in [2.45, 2.75) is 0 Å². The molecule has 3 rings (SSSR count). The van der Waals surface area contributed by atoms with Crippen LogP contribution in [0.3, 0.4) is 0 Å². The van der Waals surface area contributed by atoms with Gasteiger partial charge in [-0.05, 0) is 12.1 Å². The molecule has 0 radical (unpaired) electrons. The Balaban J connectivity index is 2.08. The van der Waals surface area contributed by atoms with Crippen molar-refractivity contribution in [1.82, 2.24) is 10.3 Å². The number of aromatic nitrogens is 1. The Hall–Kier alpha value is -2.10. The molecular formula is C12H11N3O. The number of hydrogen-bond donors (Lipinski definition) is 1. The van der Waals surface area contributed by atoms with Crippen molar-refractivity contribution in [2.75, 3.05) is 18.0 Å². The van der Waals surface area contributed by atoms with Gasteiger partial charge in [0.05, 0.1) is 17.4 Å². The van der Waals surface area contributed by atoms with Crippen LogP contribution in [0.15, 0.2) is 36.5 Å². The Kier molecular flexibility index (Phi) is 1.99.